The number of hydrogen-bond donors (Lipinski definition) is 1. The van der Waals surface area contributed by atoms with Crippen molar-refractivity contribution in [3.8, 4) is 0 Å². The molecule has 0 bridgehead atoms. The summed E-state index contributed by atoms with van der Waals surface area (Å²) in [5.41, 5.74) is -3.06. The zero-order chi connectivity index (χ0) is 19.8. The number of aliphatic hydroxyl groups is 1. The normalized spacial score (nSPS) is 19.2. The van der Waals surface area contributed by atoms with Crippen molar-refractivity contribution >= 4 is 17.7 Å². The Morgan fingerprint density at radius 2 is 1.88 bits per heavy atom. The Kier molecular flexibility index (Phi) is 5.77. The Labute approximate surface area is 155 Å². The van der Waals surface area contributed by atoms with E-state index in [1.165, 1.54) is 17.0 Å². The van der Waals surface area contributed by atoms with Gasteiger partial charge in [-0.05, 0) is 45.7 Å². The van der Waals surface area contributed by atoms with Crippen LogP contribution in [0.1, 0.15) is 45.2 Å². The van der Waals surface area contributed by atoms with E-state index in [9.17, 15) is 23.1 Å². The third-order valence-corrected chi connectivity index (χ3v) is 4.42. The molecule has 1 amide bonds. The Balaban J connectivity index is 2.18. The van der Waals surface area contributed by atoms with Crippen molar-refractivity contribution in [3.63, 3.8) is 0 Å². The van der Waals surface area contributed by atoms with Gasteiger partial charge in [0.15, 0.2) is 0 Å². The highest BCUT2D eigenvalue weighted by atomic mass is 35.5. The molecule has 1 fully saturated rings. The number of amides is 1. The molecule has 1 aliphatic heterocycles. The number of carbonyl (C=O) groups is 1. The molecule has 1 aromatic heterocycles. The van der Waals surface area contributed by atoms with Crippen LogP contribution in [0.5, 0.6) is 0 Å². The predicted molar refractivity (Wildman–Crippen MR) is 90.0 cm³/mol. The van der Waals surface area contributed by atoms with Gasteiger partial charge >= 0.3 is 12.3 Å². The van der Waals surface area contributed by atoms with Gasteiger partial charge in [-0.25, -0.2) is 4.79 Å². The number of pyridine rings is 1. The van der Waals surface area contributed by atoms with Gasteiger partial charge in [0.05, 0.1) is 16.3 Å². The average molecular weight is 395 g/mol. The molecule has 1 unspecified atom stereocenters. The molecule has 146 valence electrons. The number of piperidine rings is 1. The summed E-state index contributed by atoms with van der Waals surface area (Å²) < 4.78 is 46.3. The maximum absolute atomic E-state index is 13.7. The maximum Gasteiger partial charge on any atom is 0.410 e. The molecule has 0 aromatic carbocycles. The minimum absolute atomic E-state index is 0.0361. The fraction of sp³-hybridized carbons (Fsp3) is 0.647. The number of carbonyl (C=O) groups excluding carboxylic acids is 1. The molecule has 5 nitrogen and oxygen atoms in total. The Bertz CT molecular complexity index is 636. The van der Waals surface area contributed by atoms with Crippen molar-refractivity contribution < 1.29 is 27.8 Å². The van der Waals surface area contributed by atoms with Gasteiger partial charge < -0.3 is 14.7 Å². The van der Waals surface area contributed by atoms with Gasteiger partial charge in [0, 0.05) is 19.3 Å². The molecule has 1 aliphatic rings. The standard InChI is InChI=1S/C17H22ClF3N2O3/c1-15(2,3)26-14(24)23-8-6-16(25,7-9-23)13(17(19,20)21)12-5-4-11(18)10-22-12/h4-5,10,13,25H,6-9H2,1-3H3. The van der Waals surface area contributed by atoms with Crippen LogP contribution in [-0.4, -0.2) is 51.6 Å². The molecule has 0 spiro atoms. The van der Waals surface area contributed by atoms with E-state index in [-0.39, 0.29) is 36.6 Å². The lowest BCUT2D eigenvalue weighted by molar-refractivity contribution is -0.205. The Morgan fingerprint density at radius 1 is 1.31 bits per heavy atom. The summed E-state index contributed by atoms with van der Waals surface area (Å²) in [5.74, 6) is -2.16. The fourth-order valence-electron chi connectivity index (χ4n) is 3.00. The summed E-state index contributed by atoms with van der Waals surface area (Å²) in [7, 11) is 0. The van der Waals surface area contributed by atoms with Gasteiger partial charge in [0.25, 0.3) is 0 Å². The zero-order valence-electron chi connectivity index (χ0n) is 14.8. The van der Waals surface area contributed by atoms with E-state index in [1.807, 2.05) is 0 Å². The minimum Gasteiger partial charge on any atom is -0.444 e. The van der Waals surface area contributed by atoms with Gasteiger partial charge in [-0.1, -0.05) is 11.6 Å². The van der Waals surface area contributed by atoms with Crippen LogP contribution < -0.4 is 0 Å². The summed E-state index contributed by atoms with van der Waals surface area (Å²) >= 11 is 5.69. The predicted octanol–water partition coefficient (Wildman–Crippen LogP) is 4.14. The molecule has 1 saturated heterocycles. The molecular formula is C17H22ClF3N2O3. The SMILES string of the molecule is CC(C)(C)OC(=O)N1CCC(O)(C(c2ccc(Cl)cn2)C(F)(F)F)CC1. The lowest BCUT2D eigenvalue weighted by Gasteiger charge is -2.43. The first-order valence-corrected chi connectivity index (χ1v) is 8.58. The van der Waals surface area contributed by atoms with Crippen molar-refractivity contribution in [2.45, 2.75) is 56.9 Å². The lowest BCUT2D eigenvalue weighted by atomic mass is 9.77. The quantitative estimate of drug-likeness (QED) is 0.818. The highest BCUT2D eigenvalue weighted by molar-refractivity contribution is 6.30. The van der Waals surface area contributed by atoms with Crippen molar-refractivity contribution in [1.29, 1.82) is 0 Å². The van der Waals surface area contributed by atoms with Crippen LogP contribution >= 0.6 is 11.6 Å². The number of likely N-dealkylation sites (tertiary alicyclic amines) is 1. The third-order valence-electron chi connectivity index (χ3n) is 4.19. The minimum atomic E-state index is -4.69. The molecule has 2 heterocycles. The second-order valence-electron chi connectivity index (χ2n) is 7.45. The van der Waals surface area contributed by atoms with Gasteiger partial charge in [-0.15, -0.1) is 0 Å². The van der Waals surface area contributed by atoms with E-state index in [0.29, 0.717) is 0 Å². The zero-order valence-corrected chi connectivity index (χ0v) is 15.6. The van der Waals surface area contributed by atoms with Crippen LogP contribution in [-0.2, 0) is 4.74 Å². The first kappa shape index (κ1) is 20.8. The number of alkyl halides is 3. The summed E-state index contributed by atoms with van der Waals surface area (Å²) in [6.07, 6.45) is -4.65. The second kappa shape index (κ2) is 7.23. The van der Waals surface area contributed by atoms with Crippen LogP contribution in [0.25, 0.3) is 0 Å². The molecule has 2 rings (SSSR count). The molecular weight excluding hydrogens is 373 g/mol. The van der Waals surface area contributed by atoms with E-state index in [1.54, 1.807) is 20.8 Å². The van der Waals surface area contributed by atoms with E-state index >= 15 is 0 Å². The number of aromatic nitrogens is 1. The van der Waals surface area contributed by atoms with Gasteiger partial charge in [-0.2, -0.15) is 13.2 Å². The molecule has 1 atom stereocenters. The maximum atomic E-state index is 13.7. The fourth-order valence-corrected chi connectivity index (χ4v) is 3.11. The van der Waals surface area contributed by atoms with E-state index < -0.39 is 29.4 Å². The number of rotatable bonds is 2. The lowest BCUT2D eigenvalue weighted by Crippen LogP contribution is -2.53. The van der Waals surface area contributed by atoms with Crippen molar-refractivity contribution in [2.75, 3.05) is 13.1 Å². The largest absolute Gasteiger partial charge is 0.444 e. The Morgan fingerprint density at radius 3 is 2.31 bits per heavy atom. The number of hydrogen-bond acceptors (Lipinski definition) is 4. The topological polar surface area (TPSA) is 62.7 Å². The molecule has 0 saturated carbocycles. The molecule has 0 radical (unpaired) electrons. The first-order chi connectivity index (χ1) is 11.8. The number of halogens is 4. The van der Waals surface area contributed by atoms with Crippen molar-refractivity contribution in [1.82, 2.24) is 9.88 Å². The molecule has 1 aromatic rings. The second-order valence-corrected chi connectivity index (χ2v) is 7.88. The average Bonchev–Trinajstić information content (AvgIpc) is 2.47. The molecule has 1 N–H and O–H groups in total. The van der Waals surface area contributed by atoms with Gasteiger partial charge in [0.2, 0.25) is 0 Å². The van der Waals surface area contributed by atoms with Crippen LogP contribution in [0.15, 0.2) is 18.3 Å². The van der Waals surface area contributed by atoms with E-state index in [0.717, 1.165) is 6.20 Å². The van der Waals surface area contributed by atoms with E-state index in [2.05, 4.69) is 4.98 Å². The molecule has 9 heteroatoms. The third kappa shape index (κ3) is 5.01. The van der Waals surface area contributed by atoms with Crippen LogP contribution in [0, 0.1) is 0 Å². The Hall–Kier alpha value is -1.54. The first-order valence-electron chi connectivity index (χ1n) is 8.20. The highest BCUT2D eigenvalue weighted by Crippen LogP contribution is 2.46. The van der Waals surface area contributed by atoms with Crippen LogP contribution in [0.3, 0.4) is 0 Å². The van der Waals surface area contributed by atoms with Crippen LogP contribution in [0.4, 0.5) is 18.0 Å². The van der Waals surface area contributed by atoms with Crippen LogP contribution in [0.2, 0.25) is 5.02 Å². The van der Waals surface area contributed by atoms with Crippen molar-refractivity contribution in [3.05, 3.63) is 29.0 Å². The highest BCUT2D eigenvalue weighted by Gasteiger charge is 2.55. The van der Waals surface area contributed by atoms with E-state index in [4.69, 9.17) is 16.3 Å². The molecule has 26 heavy (non-hydrogen) atoms. The number of nitrogens with zero attached hydrogens (tertiary/aromatic N) is 2. The summed E-state index contributed by atoms with van der Waals surface area (Å²) in [5, 5.41) is 11.0. The van der Waals surface area contributed by atoms with Gasteiger partial charge in [-0.3, -0.25) is 4.98 Å². The van der Waals surface area contributed by atoms with Gasteiger partial charge in [0.1, 0.15) is 11.5 Å². The monoisotopic (exact) mass is 394 g/mol. The summed E-state index contributed by atoms with van der Waals surface area (Å²) in [4.78, 5) is 17.1. The molecule has 0 aliphatic carbocycles. The smallest absolute Gasteiger partial charge is 0.410 e. The summed E-state index contributed by atoms with van der Waals surface area (Å²) in [6.45, 7) is 5.04. The van der Waals surface area contributed by atoms with Crippen molar-refractivity contribution in [2.24, 2.45) is 0 Å². The summed E-state index contributed by atoms with van der Waals surface area (Å²) in [6, 6.07) is 2.47. The number of ether oxygens (including phenoxy) is 1.